The van der Waals surface area contributed by atoms with E-state index >= 15 is 0 Å². The van der Waals surface area contributed by atoms with Crippen molar-refractivity contribution >= 4 is 11.9 Å². The topological polar surface area (TPSA) is 110 Å². The highest BCUT2D eigenvalue weighted by Gasteiger charge is 2.15. The highest BCUT2D eigenvalue weighted by Crippen LogP contribution is 2.06. The molecular formula is C17H32O9. The van der Waals surface area contributed by atoms with Crippen LogP contribution in [-0.4, -0.2) is 88.7 Å². The van der Waals surface area contributed by atoms with Gasteiger partial charge in [-0.1, -0.05) is 0 Å². The van der Waals surface area contributed by atoms with Crippen LogP contribution in [0.5, 0.6) is 0 Å². The Kier molecular flexibility index (Phi) is 15.2. The third-order valence-corrected chi connectivity index (χ3v) is 2.59. The fraction of sp³-hybridized carbons (Fsp3) is 0.882. The number of carbonyl (C=O) groups is 2. The number of carboxylic acids is 1. The molecule has 0 atom stereocenters. The van der Waals surface area contributed by atoms with Crippen LogP contribution in [0.4, 0.5) is 0 Å². The number of hydrogen-bond donors (Lipinski definition) is 1. The number of carboxylic acid groups (broad SMARTS) is 1. The molecule has 0 saturated heterocycles. The molecule has 9 nitrogen and oxygen atoms in total. The highest BCUT2D eigenvalue weighted by molar-refractivity contribution is 5.71. The summed E-state index contributed by atoms with van der Waals surface area (Å²) in [7, 11) is 0. The van der Waals surface area contributed by atoms with E-state index in [2.05, 4.69) is 0 Å². The second-order valence-corrected chi connectivity index (χ2v) is 6.23. The average molecular weight is 380 g/mol. The molecule has 0 spiro atoms. The molecule has 1 N–H and O–H groups in total. The van der Waals surface area contributed by atoms with Crippen LogP contribution in [0, 0.1) is 0 Å². The van der Waals surface area contributed by atoms with Crippen molar-refractivity contribution in [2.45, 2.75) is 32.8 Å². The van der Waals surface area contributed by atoms with Crippen LogP contribution < -0.4 is 0 Å². The highest BCUT2D eigenvalue weighted by atomic mass is 16.6. The monoisotopic (exact) mass is 380 g/mol. The summed E-state index contributed by atoms with van der Waals surface area (Å²) in [5.41, 5.74) is -0.509. The van der Waals surface area contributed by atoms with Gasteiger partial charge in [0.15, 0.2) is 0 Å². The fourth-order valence-corrected chi connectivity index (χ4v) is 1.57. The van der Waals surface area contributed by atoms with Crippen LogP contribution in [0.1, 0.15) is 27.2 Å². The predicted octanol–water partition coefficient (Wildman–Crippen LogP) is 0.886. The van der Waals surface area contributed by atoms with Gasteiger partial charge < -0.3 is 33.5 Å². The first-order valence-electron chi connectivity index (χ1n) is 8.63. The number of hydrogen-bond acceptors (Lipinski definition) is 8. The van der Waals surface area contributed by atoms with Gasteiger partial charge in [-0.05, 0) is 20.8 Å². The van der Waals surface area contributed by atoms with Crippen LogP contribution in [0.2, 0.25) is 0 Å². The van der Waals surface area contributed by atoms with Gasteiger partial charge in [0.25, 0.3) is 0 Å². The van der Waals surface area contributed by atoms with Crippen molar-refractivity contribution in [1.29, 1.82) is 0 Å². The Bertz CT molecular complexity index is 366. The minimum atomic E-state index is -0.879. The molecule has 26 heavy (non-hydrogen) atoms. The van der Waals surface area contributed by atoms with Gasteiger partial charge in [-0.2, -0.15) is 0 Å². The lowest BCUT2D eigenvalue weighted by atomic mass is 10.2. The Balaban J connectivity index is 3.16. The third-order valence-electron chi connectivity index (χ3n) is 2.59. The first-order chi connectivity index (χ1) is 12.3. The summed E-state index contributed by atoms with van der Waals surface area (Å²) in [4.78, 5) is 21.6. The molecule has 0 heterocycles. The van der Waals surface area contributed by atoms with Crippen molar-refractivity contribution in [2.75, 3.05) is 66.1 Å². The number of ether oxygens (including phenoxy) is 6. The first kappa shape index (κ1) is 24.7. The van der Waals surface area contributed by atoms with Crippen molar-refractivity contribution in [3.05, 3.63) is 0 Å². The van der Waals surface area contributed by atoms with Gasteiger partial charge in [-0.15, -0.1) is 0 Å². The molecule has 0 amide bonds. The molecule has 0 aromatic rings. The van der Waals surface area contributed by atoms with Gasteiger partial charge >= 0.3 is 11.9 Å². The third kappa shape index (κ3) is 20.8. The van der Waals surface area contributed by atoms with E-state index < -0.39 is 17.5 Å². The van der Waals surface area contributed by atoms with E-state index in [4.69, 9.17) is 33.5 Å². The molecule has 0 saturated carbocycles. The van der Waals surface area contributed by atoms with E-state index in [0.29, 0.717) is 52.9 Å². The summed E-state index contributed by atoms with van der Waals surface area (Å²) in [6.07, 6.45) is -0.00481. The summed E-state index contributed by atoms with van der Waals surface area (Å²) in [6, 6.07) is 0. The summed E-state index contributed by atoms with van der Waals surface area (Å²) in [6.45, 7) is 8.67. The number of esters is 1. The Morgan fingerprint density at radius 1 is 0.692 bits per heavy atom. The van der Waals surface area contributed by atoms with Gasteiger partial charge in [-0.25, -0.2) is 4.79 Å². The minimum absolute atomic E-state index is 0.00481. The summed E-state index contributed by atoms with van der Waals surface area (Å²) in [5, 5.41) is 8.41. The Labute approximate surface area is 154 Å². The molecule has 9 heteroatoms. The molecule has 0 aliphatic rings. The first-order valence-corrected chi connectivity index (χ1v) is 8.63. The van der Waals surface area contributed by atoms with E-state index in [1.807, 2.05) is 0 Å². The van der Waals surface area contributed by atoms with Crippen LogP contribution in [0.25, 0.3) is 0 Å². The SMILES string of the molecule is CC(C)(C)OC(=O)COCCOCCOCCOCCOCCC(=O)O. The molecule has 0 fully saturated rings. The fourth-order valence-electron chi connectivity index (χ4n) is 1.57. The van der Waals surface area contributed by atoms with Crippen molar-refractivity contribution in [2.24, 2.45) is 0 Å². The zero-order valence-electron chi connectivity index (χ0n) is 16.0. The minimum Gasteiger partial charge on any atom is -0.481 e. The van der Waals surface area contributed by atoms with Gasteiger partial charge in [0, 0.05) is 0 Å². The largest absolute Gasteiger partial charge is 0.481 e. The lowest BCUT2D eigenvalue weighted by Gasteiger charge is -2.19. The molecule has 0 bridgehead atoms. The van der Waals surface area contributed by atoms with Crippen LogP contribution >= 0.6 is 0 Å². The summed E-state index contributed by atoms with van der Waals surface area (Å²) >= 11 is 0. The molecule has 0 aromatic carbocycles. The molecule has 154 valence electrons. The molecule has 0 rings (SSSR count). The Hall–Kier alpha value is -1.26. The zero-order valence-corrected chi connectivity index (χ0v) is 16.0. The van der Waals surface area contributed by atoms with Crippen molar-refractivity contribution in [1.82, 2.24) is 0 Å². The van der Waals surface area contributed by atoms with E-state index in [1.54, 1.807) is 20.8 Å². The lowest BCUT2D eigenvalue weighted by Crippen LogP contribution is -2.27. The predicted molar refractivity (Wildman–Crippen MR) is 92.2 cm³/mol. The summed E-state index contributed by atoms with van der Waals surface area (Å²) < 4.78 is 31.2. The van der Waals surface area contributed by atoms with E-state index in [-0.39, 0.29) is 19.6 Å². The smallest absolute Gasteiger partial charge is 0.332 e. The molecule has 0 unspecified atom stereocenters. The second-order valence-electron chi connectivity index (χ2n) is 6.23. The maximum Gasteiger partial charge on any atom is 0.332 e. The Morgan fingerprint density at radius 3 is 1.46 bits per heavy atom. The molecular weight excluding hydrogens is 348 g/mol. The zero-order chi connectivity index (χ0) is 19.7. The van der Waals surface area contributed by atoms with E-state index in [1.165, 1.54) is 0 Å². The van der Waals surface area contributed by atoms with Gasteiger partial charge in [-0.3, -0.25) is 4.79 Å². The van der Waals surface area contributed by atoms with Crippen LogP contribution in [0.3, 0.4) is 0 Å². The lowest BCUT2D eigenvalue weighted by molar-refractivity contribution is -0.160. The quantitative estimate of drug-likeness (QED) is 0.290. The van der Waals surface area contributed by atoms with E-state index in [9.17, 15) is 9.59 Å². The van der Waals surface area contributed by atoms with Gasteiger partial charge in [0.1, 0.15) is 12.2 Å². The second kappa shape index (κ2) is 16.0. The van der Waals surface area contributed by atoms with Crippen molar-refractivity contribution < 1.29 is 43.1 Å². The molecule has 0 radical (unpaired) electrons. The molecule has 0 aliphatic carbocycles. The number of rotatable bonds is 17. The maximum absolute atomic E-state index is 11.4. The maximum atomic E-state index is 11.4. The molecule has 0 aliphatic heterocycles. The van der Waals surface area contributed by atoms with Crippen molar-refractivity contribution in [3.63, 3.8) is 0 Å². The molecule has 0 aromatic heterocycles. The normalized spacial score (nSPS) is 11.5. The van der Waals surface area contributed by atoms with Crippen LogP contribution in [0.15, 0.2) is 0 Å². The van der Waals surface area contributed by atoms with Gasteiger partial charge in [0.05, 0.1) is 65.9 Å². The van der Waals surface area contributed by atoms with E-state index in [0.717, 1.165) is 0 Å². The number of carbonyl (C=O) groups excluding carboxylic acids is 1. The number of aliphatic carboxylic acids is 1. The average Bonchev–Trinajstić information content (AvgIpc) is 2.52. The Morgan fingerprint density at radius 2 is 1.08 bits per heavy atom. The van der Waals surface area contributed by atoms with Gasteiger partial charge in [0.2, 0.25) is 0 Å². The summed E-state index contributed by atoms with van der Waals surface area (Å²) in [5.74, 6) is -1.27. The van der Waals surface area contributed by atoms with Crippen molar-refractivity contribution in [3.8, 4) is 0 Å². The van der Waals surface area contributed by atoms with Crippen LogP contribution in [-0.2, 0) is 38.0 Å². The standard InChI is InChI=1S/C17H32O9/c1-17(2,3)26-16(20)14-25-13-12-24-11-10-23-9-8-22-7-6-21-5-4-15(18)19/h4-14H2,1-3H3,(H,18,19).